The van der Waals surface area contributed by atoms with E-state index in [2.05, 4.69) is 0 Å². The van der Waals surface area contributed by atoms with Crippen LogP contribution in [0.2, 0.25) is 0 Å². The van der Waals surface area contributed by atoms with Gasteiger partial charge in [-0.3, -0.25) is 0 Å². The molecule has 6 aliphatic carbocycles. The highest BCUT2D eigenvalue weighted by atomic mass is 16.3. The highest BCUT2D eigenvalue weighted by Crippen LogP contribution is 2.99. The van der Waals surface area contributed by atoms with Crippen LogP contribution in [0.3, 0.4) is 0 Å². The van der Waals surface area contributed by atoms with Gasteiger partial charge in [-0.1, -0.05) is 0 Å². The summed E-state index contributed by atoms with van der Waals surface area (Å²) in [5.41, 5.74) is 0.549. The van der Waals surface area contributed by atoms with Crippen molar-refractivity contribution in [3.05, 3.63) is 0 Å². The predicted molar refractivity (Wildman–Crippen MR) is 38.6 cm³/mol. The van der Waals surface area contributed by atoms with E-state index in [1.165, 1.54) is 0 Å². The fourth-order valence-electron chi connectivity index (χ4n) is 6.45. The van der Waals surface area contributed by atoms with E-state index in [0.717, 1.165) is 41.4 Å². The van der Waals surface area contributed by atoms with Gasteiger partial charge in [0, 0.05) is 12.0 Å². The summed E-state index contributed by atoms with van der Waals surface area (Å²) in [6.45, 7) is 0.531. The van der Waals surface area contributed by atoms with Crippen LogP contribution in [-0.4, -0.2) is 11.7 Å². The Morgan fingerprint density at radius 3 is 2.36 bits per heavy atom. The number of aliphatic hydroxyl groups excluding tert-OH is 1. The molecule has 6 aliphatic rings. The second-order valence-corrected chi connectivity index (χ2v) is 5.57. The van der Waals surface area contributed by atoms with Gasteiger partial charge in [-0.05, 0) is 47.8 Å². The van der Waals surface area contributed by atoms with Crippen LogP contribution in [0.25, 0.3) is 0 Å². The van der Waals surface area contributed by atoms with Gasteiger partial charge in [0.15, 0.2) is 0 Å². The molecule has 1 heteroatoms. The lowest BCUT2D eigenvalue weighted by molar-refractivity contribution is -0.455. The van der Waals surface area contributed by atoms with Crippen molar-refractivity contribution in [1.82, 2.24) is 0 Å². The fourth-order valence-corrected chi connectivity index (χ4v) is 6.45. The Labute approximate surface area is 65.8 Å². The summed E-state index contributed by atoms with van der Waals surface area (Å²) in [6.07, 6.45) is 1.56. The van der Waals surface area contributed by atoms with Crippen LogP contribution < -0.4 is 0 Å². The second kappa shape index (κ2) is 0.953. The lowest BCUT2D eigenvalue weighted by Crippen LogP contribution is -2.89. The number of hydrogen-bond donors (Lipinski definition) is 1. The lowest BCUT2D eigenvalue weighted by atomic mass is 9.13. The Morgan fingerprint density at radius 1 is 1.09 bits per heavy atom. The maximum Gasteiger partial charge on any atom is 0.0496 e. The minimum absolute atomic E-state index is 0.531. The van der Waals surface area contributed by atoms with Crippen molar-refractivity contribution in [3.8, 4) is 0 Å². The summed E-state index contributed by atoms with van der Waals surface area (Å²) in [5.74, 6) is 7.60. The molecule has 1 N–H and O–H groups in total. The maximum absolute atomic E-state index is 9.34. The second-order valence-electron chi connectivity index (χ2n) is 5.57. The number of hydrogen-bond acceptors (Lipinski definition) is 1. The smallest absolute Gasteiger partial charge is 0.0496 e. The van der Waals surface area contributed by atoms with E-state index >= 15 is 0 Å². The molecule has 0 aromatic heterocycles. The molecule has 0 amide bonds. The third kappa shape index (κ3) is 0.195. The van der Waals surface area contributed by atoms with E-state index < -0.39 is 0 Å². The largest absolute Gasteiger partial charge is 0.396 e. The normalized spacial score (nSPS) is 89.7. The quantitative estimate of drug-likeness (QED) is 0.581. The molecule has 0 aliphatic heterocycles. The van der Waals surface area contributed by atoms with Gasteiger partial charge in [-0.15, -0.1) is 0 Å². The molecule has 0 aromatic carbocycles. The van der Waals surface area contributed by atoms with Crippen LogP contribution in [0, 0.1) is 46.8 Å². The molecular formula is C10H12O. The summed E-state index contributed by atoms with van der Waals surface area (Å²) in [7, 11) is 0. The zero-order chi connectivity index (χ0) is 6.96. The topological polar surface area (TPSA) is 20.2 Å². The molecule has 1 nitrogen and oxygen atoms in total. The van der Waals surface area contributed by atoms with E-state index in [-0.39, 0.29) is 0 Å². The zero-order valence-electron chi connectivity index (χ0n) is 6.40. The average Bonchev–Trinajstić information content (AvgIpc) is 2.27. The molecule has 11 heavy (non-hydrogen) atoms. The highest BCUT2D eigenvalue weighted by molar-refractivity contribution is 5.43. The first kappa shape index (κ1) is 4.86. The van der Waals surface area contributed by atoms with Crippen LogP contribution >= 0.6 is 0 Å². The molecule has 6 saturated carbocycles. The molecule has 0 radical (unpaired) electrons. The van der Waals surface area contributed by atoms with E-state index in [1.54, 1.807) is 6.42 Å². The zero-order valence-corrected chi connectivity index (χ0v) is 6.40. The van der Waals surface area contributed by atoms with Crippen LogP contribution in [0.5, 0.6) is 0 Å². The fraction of sp³-hybridized carbons (Fsp3) is 1.00. The summed E-state index contributed by atoms with van der Waals surface area (Å²) in [4.78, 5) is 0. The molecule has 0 spiro atoms. The van der Waals surface area contributed by atoms with Crippen LogP contribution in [0.1, 0.15) is 6.42 Å². The predicted octanol–water partition coefficient (Wildman–Crippen LogP) is 0.737. The van der Waals surface area contributed by atoms with E-state index in [4.69, 9.17) is 0 Å². The van der Waals surface area contributed by atoms with Crippen LogP contribution in [-0.2, 0) is 0 Å². The minimum atomic E-state index is 0.531. The Kier molecular flexibility index (Phi) is 0.421. The molecule has 6 rings (SSSR count). The SMILES string of the molecule is OCC12C3C4CC5C3C1C5C42. The van der Waals surface area contributed by atoms with Gasteiger partial charge in [-0.25, -0.2) is 0 Å². The van der Waals surface area contributed by atoms with E-state index in [0.29, 0.717) is 12.0 Å². The Bertz CT molecular complexity index is 261. The van der Waals surface area contributed by atoms with Crippen molar-refractivity contribution in [2.75, 3.05) is 6.61 Å². The van der Waals surface area contributed by atoms with Gasteiger partial charge in [0.25, 0.3) is 0 Å². The van der Waals surface area contributed by atoms with Gasteiger partial charge < -0.3 is 5.11 Å². The summed E-state index contributed by atoms with van der Waals surface area (Å²) in [6, 6.07) is 0. The van der Waals surface area contributed by atoms with Crippen molar-refractivity contribution in [2.24, 2.45) is 46.8 Å². The van der Waals surface area contributed by atoms with Gasteiger partial charge in [0.2, 0.25) is 0 Å². The minimum Gasteiger partial charge on any atom is -0.396 e. The molecule has 4 atom stereocenters. The van der Waals surface area contributed by atoms with Gasteiger partial charge in [0.05, 0.1) is 0 Å². The summed E-state index contributed by atoms with van der Waals surface area (Å²) >= 11 is 0. The molecule has 6 fully saturated rings. The van der Waals surface area contributed by atoms with Crippen molar-refractivity contribution < 1.29 is 5.11 Å². The summed E-state index contributed by atoms with van der Waals surface area (Å²) in [5, 5.41) is 9.34. The Balaban J connectivity index is 1.79. The van der Waals surface area contributed by atoms with Crippen molar-refractivity contribution >= 4 is 0 Å². The van der Waals surface area contributed by atoms with E-state index in [1.807, 2.05) is 0 Å². The monoisotopic (exact) mass is 148 g/mol. The van der Waals surface area contributed by atoms with Gasteiger partial charge in [-0.2, -0.15) is 0 Å². The third-order valence-corrected chi connectivity index (χ3v) is 6.25. The first-order valence-corrected chi connectivity index (χ1v) is 5.02. The van der Waals surface area contributed by atoms with Crippen LogP contribution in [0.4, 0.5) is 0 Å². The number of aliphatic hydroxyl groups is 1. The molecule has 0 saturated heterocycles. The Hall–Kier alpha value is -0.0400. The van der Waals surface area contributed by atoms with Crippen molar-refractivity contribution in [3.63, 3.8) is 0 Å². The first-order valence-electron chi connectivity index (χ1n) is 5.02. The third-order valence-electron chi connectivity index (χ3n) is 6.25. The standard InChI is InChI=1S/C10H12O/c11-2-10-7-4-1-3-5(7)9(10)6(3)8(4)10/h3-9,11H,1-2H2. The number of rotatable bonds is 1. The molecule has 4 unspecified atom stereocenters. The molecule has 0 aromatic rings. The van der Waals surface area contributed by atoms with Gasteiger partial charge in [0.1, 0.15) is 0 Å². The molecular weight excluding hydrogens is 136 g/mol. The average molecular weight is 148 g/mol. The van der Waals surface area contributed by atoms with E-state index in [9.17, 15) is 5.11 Å². The van der Waals surface area contributed by atoms with Crippen molar-refractivity contribution in [1.29, 1.82) is 0 Å². The highest BCUT2D eigenvalue weighted by Gasteiger charge is 2.97. The molecule has 2 bridgehead atoms. The Morgan fingerprint density at radius 2 is 1.82 bits per heavy atom. The van der Waals surface area contributed by atoms with Crippen LogP contribution in [0.15, 0.2) is 0 Å². The van der Waals surface area contributed by atoms with Gasteiger partial charge >= 0.3 is 0 Å². The molecule has 58 valence electrons. The summed E-state index contributed by atoms with van der Waals surface area (Å²) < 4.78 is 0. The maximum atomic E-state index is 9.34. The molecule has 0 heterocycles. The lowest BCUT2D eigenvalue weighted by Gasteiger charge is -2.91. The first-order chi connectivity index (χ1) is 5.41. The van der Waals surface area contributed by atoms with Crippen molar-refractivity contribution in [2.45, 2.75) is 6.42 Å².